The van der Waals surface area contributed by atoms with E-state index >= 15 is 0 Å². The molecule has 1 aromatic heterocycles. The van der Waals surface area contributed by atoms with Crippen LogP contribution >= 0.6 is 0 Å². The van der Waals surface area contributed by atoms with Crippen LogP contribution in [0.3, 0.4) is 0 Å². The molecule has 1 saturated carbocycles. The molecule has 4 rings (SSSR count). The number of hydrogen-bond donors (Lipinski definition) is 2. The first-order valence-corrected chi connectivity index (χ1v) is 6.23. The minimum atomic E-state index is -1.23. The van der Waals surface area contributed by atoms with Gasteiger partial charge in [0.2, 0.25) is 0 Å². The highest BCUT2D eigenvalue weighted by Crippen LogP contribution is 2.47. The number of benzene rings is 1. The summed E-state index contributed by atoms with van der Waals surface area (Å²) in [6.07, 6.45) is 1.44. The molecule has 2 aliphatic rings. The Morgan fingerprint density at radius 2 is 2.16 bits per heavy atom. The van der Waals surface area contributed by atoms with Gasteiger partial charge < -0.3 is 5.32 Å². The number of nitrogens with one attached hydrogen (secondary N) is 2. The van der Waals surface area contributed by atoms with Crippen molar-refractivity contribution in [1.29, 1.82) is 0 Å². The number of aromatic amines is 1. The van der Waals surface area contributed by atoms with E-state index in [1.165, 1.54) is 12.1 Å². The molecule has 2 N–H and O–H groups in total. The number of anilines is 1. The zero-order valence-electron chi connectivity index (χ0n) is 9.96. The van der Waals surface area contributed by atoms with Crippen molar-refractivity contribution in [2.75, 3.05) is 5.32 Å². The molecule has 1 aliphatic carbocycles. The van der Waals surface area contributed by atoms with E-state index < -0.39 is 23.1 Å². The van der Waals surface area contributed by atoms with E-state index in [9.17, 15) is 13.6 Å². The summed E-state index contributed by atoms with van der Waals surface area (Å²) in [6.45, 7) is 0. The fourth-order valence-corrected chi connectivity index (χ4v) is 2.80. The Hall–Kier alpha value is -1.98. The van der Waals surface area contributed by atoms with Gasteiger partial charge in [0, 0.05) is 17.5 Å². The Morgan fingerprint density at radius 3 is 2.89 bits per heavy atom. The first-order chi connectivity index (χ1) is 9.07. The number of rotatable bonds is 1. The molecular weight excluding hydrogens is 252 g/mol. The Bertz CT molecular complexity index is 751. The number of halogens is 2. The van der Waals surface area contributed by atoms with Crippen LogP contribution in [0.15, 0.2) is 16.9 Å². The van der Waals surface area contributed by atoms with Crippen molar-refractivity contribution in [1.82, 2.24) is 10.2 Å². The molecule has 6 heteroatoms. The van der Waals surface area contributed by atoms with Gasteiger partial charge >= 0.3 is 0 Å². The van der Waals surface area contributed by atoms with Crippen molar-refractivity contribution < 1.29 is 8.78 Å². The molecule has 0 amide bonds. The number of alkyl halides is 1. The second kappa shape index (κ2) is 3.31. The molecule has 1 unspecified atom stereocenters. The Morgan fingerprint density at radius 1 is 1.37 bits per heavy atom. The SMILES string of the molecule is O=c1[nH]nc2c3c(cc(F)cc13)NC(C1(F)CC1)C2. The number of aromatic nitrogens is 2. The van der Waals surface area contributed by atoms with E-state index in [1.54, 1.807) is 0 Å². The monoisotopic (exact) mass is 263 g/mol. The quantitative estimate of drug-likeness (QED) is 0.826. The Kier molecular flexibility index (Phi) is 1.90. The highest BCUT2D eigenvalue weighted by Gasteiger charge is 2.51. The topological polar surface area (TPSA) is 57.8 Å². The van der Waals surface area contributed by atoms with Gasteiger partial charge in [0.05, 0.1) is 17.1 Å². The van der Waals surface area contributed by atoms with E-state index in [0.717, 1.165) is 0 Å². The van der Waals surface area contributed by atoms with Gasteiger partial charge in [0.15, 0.2) is 0 Å². The largest absolute Gasteiger partial charge is 0.378 e. The van der Waals surface area contributed by atoms with Crippen molar-refractivity contribution in [2.24, 2.45) is 0 Å². The van der Waals surface area contributed by atoms with Gasteiger partial charge in [0.25, 0.3) is 5.56 Å². The highest BCUT2D eigenvalue weighted by atomic mass is 19.1. The van der Waals surface area contributed by atoms with E-state index in [0.29, 0.717) is 36.0 Å². The van der Waals surface area contributed by atoms with Crippen LogP contribution in [0.4, 0.5) is 14.5 Å². The molecule has 1 atom stereocenters. The minimum absolute atomic E-state index is 0.259. The molecule has 19 heavy (non-hydrogen) atoms. The standard InChI is InChI=1S/C13H11F2N3O/c14-6-3-7-11-8(4-6)16-10(13(15)1-2-13)5-9(11)17-18-12(7)19/h3-4,10,16H,1-2,5H2,(H,18,19). The first kappa shape index (κ1) is 10.9. The Labute approximate surface area is 106 Å². The van der Waals surface area contributed by atoms with Crippen LogP contribution in [0, 0.1) is 5.82 Å². The van der Waals surface area contributed by atoms with Crippen molar-refractivity contribution in [3.05, 3.63) is 34.0 Å². The lowest BCUT2D eigenvalue weighted by Gasteiger charge is -2.28. The molecule has 2 heterocycles. The zero-order valence-corrected chi connectivity index (χ0v) is 9.96. The van der Waals surface area contributed by atoms with Crippen LogP contribution in [-0.2, 0) is 6.42 Å². The molecule has 1 fully saturated rings. The second-order valence-electron chi connectivity index (χ2n) is 5.31. The smallest absolute Gasteiger partial charge is 0.272 e. The van der Waals surface area contributed by atoms with Crippen LogP contribution in [0.25, 0.3) is 10.8 Å². The lowest BCUT2D eigenvalue weighted by atomic mass is 9.95. The van der Waals surface area contributed by atoms with E-state index in [4.69, 9.17) is 0 Å². The number of H-pyrrole nitrogens is 1. The van der Waals surface area contributed by atoms with Crippen molar-refractivity contribution in [3.8, 4) is 0 Å². The molecule has 0 radical (unpaired) electrons. The second-order valence-corrected chi connectivity index (χ2v) is 5.31. The van der Waals surface area contributed by atoms with E-state index in [2.05, 4.69) is 15.5 Å². The third-order valence-corrected chi connectivity index (χ3v) is 4.01. The third kappa shape index (κ3) is 1.49. The summed E-state index contributed by atoms with van der Waals surface area (Å²) in [5, 5.41) is 10.2. The fourth-order valence-electron chi connectivity index (χ4n) is 2.80. The van der Waals surface area contributed by atoms with Crippen LogP contribution in [0.1, 0.15) is 18.5 Å². The van der Waals surface area contributed by atoms with Crippen LogP contribution in [-0.4, -0.2) is 21.9 Å². The number of hydrogen-bond acceptors (Lipinski definition) is 3. The summed E-state index contributed by atoms with van der Waals surface area (Å²) in [6, 6.07) is 2.08. The highest BCUT2D eigenvalue weighted by molar-refractivity contribution is 5.96. The summed E-state index contributed by atoms with van der Waals surface area (Å²) in [4.78, 5) is 11.7. The van der Waals surface area contributed by atoms with Gasteiger partial charge in [-0.15, -0.1) is 0 Å². The van der Waals surface area contributed by atoms with Crippen LogP contribution in [0.5, 0.6) is 0 Å². The predicted molar refractivity (Wildman–Crippen MR) is 66.5 cm³/mol. The lowest BCUT2D eigenvalue weighted by Crippen LogP contribution is -2.38. The average molecular weight is 263 g/mol. The molecule has 2 aromatic rings. The molecule has 1 aromatic carbocycles. The molecule has 0 bridgehead atoms. The van der Waals surface area contributed by atoms with Gasteiger partial charge in [-0.25, -0.2) is 13.9 Å². The van der Waals surface area contributed by atoms with Gasteiger partial charge in [-0.1, -0.05) is 0 Å². The zero-order chi connectivity index (χ0) is 13.2. The van der Waals surface area contributed by atoms with Crippen LogP contribution < -0.4 is 10.9 Å². The summed E-state index contributed by atoms with van der Waals surface area (Å²) >= 11 is 0. The van der Waals surface area contributed by atoms with Gasteiger partial charge in [-0.3, -0.25) is 4.79 Å². The van der Waals surface area contributed by atoms with Gasteiger partial charge in [-0.2, -0.15) is 5.10 Å². The van der Waals surface area contributed by atoms with Crippen molar-refractivity contribution >= 4 is 16.5 Å². The number of nitrogens with zero attached hydrogens (tertiary/aromatic N) is 1. The predicted octanol–water partition coefficient (Wildman–Crippen LogP) is 1.90. The van der Waals surface area contributed by atoms with E-state index in [1.807, 2.05) is 0 Å². The molecule has 0 spiro atoms. The minimum Gasteiger partial charge on any atom is -0.378 e. The van der Waals surface area contributed by atoms with E-state index in [-0.39, 0.29) is 5.39 Å². The Balaban J connectivity index is 1.97. The summed E-state index contributed by atoms with van der Waals surface area (Å²) in [5.74, 6) is -0.512. The average Bonchev–Trinajstić information content (AvgIpc) is 3.12. The normalized spacial score (nSPS) is 23.2. The van der Waals surface area contributed by atoms with Crippen LogP contribution in [0.2, 0.25) is 0 Å². The maximum Gasteiger partial charge on any atom is 0.272 e. The molecule has 4 nitrogen and oxygen atoms in total. The van der Waals surface area contributed by atoms with Crippen molar-refractivity contribution in [2.45, 2.75) is 31.0 Å². The summed E-state index contributed by atoms with van der Waals surface area (Å²) < 4.78 is 27.7. The molecule has 0 saturated heterocycles. The lowest BCUT2D eigenvalue weighted by molar-refractivity contribution is 0.265. The maximum atomic E-state index is 14.2. The fraction of sp³-hybridized carbons (Fsp3) is 0.385. The van der Waals surface area contributed by atoms with Gasteiger partial charge in [0.1, 0.15) is 11.5 Å². The maximum absolute atomic E-state index is 14.2. The van der Waals surface area contributed by atoms with Crippen molar-refractivity contribution in [3.63, 3.8) is 0 Å². The first-order valence-electron chi connectivity index (χ1n) is 6.23. The molecule has 1 aliphatic heterocycles. The molecular formula is C13H11F2N3O. The molecule has 98 valence electrons. The summed E-state index contributed by atoms with van der Waals surface area (Å²) in [7, 11) is 0. The van der Waals surface area contributed by atoms with Gasteiger partial charge in [-0.05, 0) is 25.0 Å². The summed E-state index contributed by atoms with van der Waals surface area (Å²) in [5.41, 5.74) is -0.573. The third-order valence-electron chi connectivity index (χ3n) is 4.01.